The zero-order valence-corrected chi connectivity index (χ0v) is 12.7. The molecule has 1 nitrogen and oxygen atoms in total. The smallest absolute Gasteiger partial charge is 0.123 e. The van der Waals surface area contributed by atoms with Crippen molar-refractivity contribution in [3.63, 3.8) is 0 Å². The summed E-state index contributed by atoms with van der Waals surface area (Å²) in [5.41, 5.74) is 4.79. The number of anilines is 1. The summed E-state index contributed by atoms with van der Waals surface area (Å²) in [4.78, 5) is 0. The van der Waals surface area contributed by atoms with Crippen LogP contribution in [0.1, 0.15) is 41.5 Å². The van der Waals surface area contributed by atoms with Gasteiger partial charge in [-0.25, -0.2) is 4.39 Å². The number of benzene rings is 2. The van der Waals surface area contributed by atoms with E-state index in [0.29, 0.717) is 17.9 Å². The topological polar surface area (TPSA) is 12.0 Å². The lowest BCUT2D eigenvalue weighted by Crippen LogP contribution is -2.32. The molecule has 0 radical (unpaired) electrons. The van der Waals surface area contributed by atoms with Crippen LogP contribution in [0.2, 0.25) is 0 Å². The molecule has 1 aliphatic heterocycles. The van der Waals surface area contributed by atoms with E-state index in [-0.39, 0.29) is 5.82 Å². The highest BCUT2D eigenvalue weighted by molar-refractivity contribution is 5.59. The highest BCUT2D eigenvalue weighted by atomic mass is 19.1. The molecular weight excluding hydrogens is 273 g/mol. The lowest BCUT2D eigenvalue weighted by Gasteiger charge is -2.41. The molecule has 2 aromatic rings. The third-order valence-electron chi connectivity index (χ3n) is 4.98. The fraction of sp³-hybridized carbons (Fsp3) is 0.300. The number of allylic oxidation sites excluding steroid dienone is 2. The van der Waals surface area contributed by atoms with Crippen LogP contribution in [0.5, 0.6) is 0 Å². The highest BCUT2D eigenvalue weighted by Gasteiger charge is 2.37. The molecular formula is C20H20FN. The molecule has 0 saturated carbocycles. The summed E-state index contributed by atoms with van der Waals surface area (Å²) in [6, 6.07) is 14.2. The second-order valence-electron chi connectivity index (χ2n) is 6.46. The molecule has 0 fully saturated rings. The minimum Gasteiger partial charge on any atom is -0.378 e. The largest absolute Gasteiger partial charge is 0.378 e. The summed E-state index contributed by atoms with van der Waals surface area (Å²) in [5, 5.41) is 3.67. The fourth-order valence-electron chi connectivity index (χ4n) is 3.97. The minimum atomic E-state index is -0.146. The van der Waals surface area contributed by atoms with Crippen molar-refractivity contribution in [1.82, 2.24) is 0 Å². The molecule has 1 heterocycles. The van der Waals surface area contributed by atoms with Gasteiger partial charge in [0.15, 0.2) is 0 Å². The summed E-state index contributed by atoms with van der Waals surface area (Å²) in [6.07, 6.45) is 6.77. The van der Waals surface area contributed by atoms with Gasteiger partial charge in [0, 0.05) is 11.6 Å². The van der Waals surface area contributed by atoms with Gasteiger partial charge >= 0.3 is 0 Å². The maximum Gasteiger partial charge on any atom is 0.123 e. The third kappa shape index (κ3) is 2.23. The Morgan fingerprint density at radius 1 is 1.14 bits per heavy atom. The Balaban J connectivity index is 1.82. The van der Waals surface area contributed by atoms with Gasteiger partial charge < -0.3 is 5.32 Å². The molecule has 1 N–H and O–H groups in total. The molecule has 0 amide bonds. The zero-order valence-electron chi connectivity index (χ0n) is 12.7. The predicted molar refractivity (Wildman–Crippen MR) is 88.5 cm³/mol. The van der Waals surface area contributed by atoms with Crippen LogP contribution < -0.4 is 5.32 Å². The van der Waals surface area contributed by atoms with Gasteiger partial charge in [-0.3, -0.25) is 0 Å². The fourth-order valence-corrected chi connectivity index (χ4v) is 3.97. The van der Waals surface area contributed by atoms with Gasteiger partial charge in [-0.15, -0.1) is 0 Å². The van der Waals surface area contributed by atoms with Gasteiger partial charge in [-0.2, -0.15) is 0 Å². The van der Waals surface area contributed by atoms with Crippen LogP contribution in [-0.2, 0) is 0 Å². The van der Waals surface area contributed by atoms with Crippen molar-refractivity contribution in [2.24, 2.45) is 5.92 Å². The van der Waals surface area contributed by atoms with Crippen molar-refractivity contribution in [2.45, 2.75) is 31.7 Å². The molecule has 2 heteroatoms. The third-order valence-corrected chi connectivity index (χ3v) is 4.98. The summed E-state index contributed by atoms with van der Waals surface area (Å²) >= 11 is 0. The Bertz CT molecular complexity index is 734. The number of hydrogen-bond acceptors (Lipinski definition) is 1. The molecule has 1 aliphatic carbocycles. The Hall–Kier alpha value is -2.09. The van der Waals surface area contributed by atoms with Gasteiger partial charge in [-0.05, 0) is 55.0 Å². The zero-order chi connectivity index (χ0) is 15.1. The van der Waals surface area contributed by atoms with Crippen molar-refractivity contribution in [3.05, 3.63) is 77.1 Å². The number of rotatable bonds is 1. The summed E-state index contributed by atoms with van der Waals surface area (Å²) in [7, 11) is 0. The molecule has 2 aliphatic rings. The quantitative estimate of drug-likeness (QED) is 0.699. The number of nitrogens with one attached hydrogen (secondary N) is 1. The van der Waals surface area contributed by atoms with E-state index in [2.05, 4.69) is 48.7 Å². The van der Waals surface area contributed by atoms with Crippen LogP contribution in [0.3, 0.4) is 0 Å². The summed E-state index contributed by atoms with van der Waals surface area (Å²) in [5.74, 6) is 0.652. The number of halogens is 1. The summed E-state index contributed by atoms with van der Waals surface area (Å²) in [6.45, 7) is 2.13. The van der Waals surface area contributed by atoms with E-state index in [1.807, 2.05) is 6.07 Å². The molecule has 3 unspecified atom stereocenters. The van der Waals surface area contributed by atoms with Crippen LogP contribution in [0.4, 0.5) is 10.1 Å². The van der Waals surface area contributed by atoms with Crippen molar-refractivity contribution in [1.29, 1.82) is 0 Å². The predicted octanol–water partition coefficient (Wildman–Crippen LogP) is 5.35. The second kappa shape index (κ2) is 5.28. The van der Waals surface area contributed by atoms with Gasteiger partial charge in [0.05, 0.1) is 6.04 Å². The average Bonchev–Trinajstić information content (AvgIpc) is 2.54. The van der Waals surface area contributed by atoms with E-state index in [1.165, 1.54) is 11.1 Å². The van der Waals surface area contributed by atoms with E-state index in [0.717, 1.165) is 24.1 Å². The first-order chi connectivity index (χ1) is 10.7. The van der Waals surface area contributed by atoms with E-state index in [9.17, 15) is 4.39 Å². The molecule has 0 spiro atoms. The molecule has 3 atom stereocenters. The van der Waals surface area contributed by atoms with Crippen LogP contribution in [0.15, 0.2) is 54.6 Å². The van der Waals surface area contributed by atoms with Gasteiger partial charge in [-0.1, -0.05) is 42.0 Å². The van der Waals surface area contributed by atoms with Gasteiger partial charge in [0.25, 0.3) is 0 Å². The average molecular weight is 293 g/mol. The molecule has 0 bridgehead atoms. The van der Waals surface area contributed by atoms with Crippen molar-refractivity contribution < 1.29 is 4.39 Å². The highest BCUT2D eigenvalue weighted by Crippen LogP contribution is 2.49. The normalized spacial score (nSPS) is 26.0. The lowest BCUT2D eigenvalue weighted by atomic mass is 9.71. The molecule has 4 rings (SSSR count). The standard InChI is InChI=1S/C20H20FN/c1-13-5-4-6-14(11-13)20-17-8-3-2-7-16(17)18-12-15(21)9-10-19(18)22-20/h2,4-7,9-12,16-17,20,22H,3,8H2,1H3. The van der Waals surface area contributed by atoms with Crippen molar-refractivity contribution in [3.8, 4) is 0 Å². The minimum absolute atomic E-state index is 0.146. The maximum atomic E-state index is 13.7. The lowest BCUT2D eigenvalue weighted by molar-refractivity contribution is 0.362. The molecule has 0 saturated heterocycles. The first-order valence-corrected chi connectivity index (χ1v) is 8.01. The molecule has 22 heavy (non-hydrogen) atoms. The molecule has 2 aromatic carbocycles. The SMILES string of the molecule is Cc1cccc(C2Nc3ccc(F)cc3C3C=CCCC32)c1. The van der Waals surface area contributed by atoms with Gasteiger partial charge in [0.1, 0.15) is 5.82 Å². The van der Waals surface area contributed by atoms with Crippen LogP contribution in [-0.4, -0.2) is 0 Å². The van der Waals surface area contributed by atoms with Crippen molar-refractivity contribution >= 4 is 5.69 Å². The summed E-state index contributed by atoms with van der Waals surface area (Å²) < 4.78 is 13.7. The monoisotopic (exact) mass is 293 g/mol. The number of fused-ring (bicyclic) bond motifs is 3. The van der Waals surface area contributed by atoms with Crippen LogP contribution >= 0.6 is 0 Å². The first kappa shape index (κ1) is 13.6. The maximum absolute atomic E-state index is 13.7. The van der Waals surface area contributed by atoms with E-state index in [4.69, 9.17) is 0 Å². The van der Waals surface area contributed by atoms with E-state index in [1.54, 1.807) is 12.1 Å². The van der Waals surface area contributed by atoms with Crippen molar-refractivity contribution in [2.75, 3.05) is 5.32 Å². The van der Waals surface area contributed by atoms with E-state index >= 15 is 0 Å². The molecule has 0 aromatic heterocycles. The first-order valence-electron chi connectivity index (χ1n) is 8.01. The Morgan fingerprint density at radius 3 is 2.91 bits per heavy atom. The second-order valence-corrected chi connectivity index (χ2v) is 6.46. The van der Waals surface area contributed by atoms with Crippen LogP contribution in [0.25, 0.3) is 0 Å². The van der Waals surface area contributed by atoms with Crippen LogP contribution in [0, 0.1) is 18.7 Å². The Kier molecular flexibility index (Phi) is 3.25. The Morgan fingerprint density at radius 2 is 2.05 bits per heavy atom. The van der Waals surface area contributed by atoms with E-state index < -0.39 is 0 Å². The molecule has 112 valence electrons. The number of hydrogen-bond donors (Lipinski definition) is 1. The number of aryl methyl sites for hydroxylation is 1. The van der Waals surface area contributed by atoms with Gasteiger partial charge in [0.2, 0.25) is 0 Å². The Labute approximate surface area is 130 Å².